The lowest BCUT2D eigenvalue weighted by atomic mass is 9.75. The molecule has 5 heterocycles. The average Bonchev–Trinajstić information content (AvgIpc) is 3.57. The number of imide groups is 1. The highest BCUT2D eigenvalue weighted by Gasteiger charge is 2.75. The molecule has 0 unspecified atom stereocenters. The summed E-state index contributed by atoms with van der Waals surface area (Å²) in [4.78, 5) is 58.1. The molecule has 0 bridgehead atoms. The fourth-order valence-electron chi connectivity index (χ4n) is 6.94. The van der Waals surface area contributed by atoms with Gasteiger partial charge in [0.1, 0.15) is 15.4 Å². The number of ether oxygens (including phenoxy) is 1. The molecule has 35 heavy (non-hydrogen) atoms. The lowest BCUT2D eigenvalue weighted by Crippen LogP contribution is -2.54. The van der Waals surface area contributed by atoms with Crippen molar-refractivity contribution in [1.82, 2.24) is 4.90 Å². The summed E-state index contributed by atoms with van der Waals surface area (Å²) in [6.45, 7) is 8.21. The average molecular weight is 494 g/mol. The summed E-state index contributed by atoms with van der Waals surface area (Å²) < 4.78 is 4.91. The van der Waals surface area contributed by atoms with Crippen molar-refractivity contribution in [2.75, 3.05) is 23.9 Å². The van der Waals surface area contributed by atoms with Crippen LogP contribution in [-0.2, 0) is 24.7 Å². The Morgan fingerprint density at radius 1 is 1.11 bits per heavy atom. The Labute approximate surface area is 207 Å². The van der Waals surface area contributed by atoms with Gasteiger partial charge in [-0.1, -0.05) is 17.7 Å². The molecule has 1 aromatic carbocycles. The fourth-order valence-corrected chi connectivity index (χ4v) is 8.18. The van der Waals surface area contributed by atoms with Crippen LogP contribution in [0.1, 0.15) is 50.3 Å². The van der Waals surface area contributed by atoms with Crippen molar-refractivity contribution in [3.8, 4) is 0 Å². The molecule has 3 amide bonds. The van der Waals surface area contributed by atoms with Gasteiger partial charge in [-0.2, -0.15) is 0 Å². The van der Waals surface area contributed by atoms with Crippen LogP contribution in [0.5, 0.6) is 0 Å². The Kier molecular flexibility index (Phi) is 4.64. The van der Waals surface area contributed by atoms with Crippen molar-refractivity contribution >= 4 is 45.7 Å². The predicted octanol–water partition coefficient (Wildman–Crippen LogP) is 3.20. The van der Waals surface area contributed by atoms with Crippen LogP contribution in [0.3, 0.4) is 0 Å². The second-order valence-electron chi connectivity index (χ2n) is 10.1. The van der Waals surface area contributed by atoms with E-state index in [1.54, 1.807) is 6.92 Å². The number of benzene rings is 1. The maximum absolute atomic E-state index is 14.2. The van der Waals surface area contributed by atoms with Gasteiger partial charge < -0.3 is 10.1 Å². The van der Waals surface area contributed by atoms with Gasteiger partial charge >= 0.3 is 5.97 Å². The third-order valence-electron chi connectivity index (χ3n) is 8.44. The van der Waals surface area contributed by atoms with E-state index in [1.165, 1.54) is 12.0 Å². The largest absolute Gasteiger partial charge is 0.465 e. The smallest absolute Gasteiger partial charge is 0.348 e. The number of hydrogen-bond acceptors (Lipinski definition) is 7. The summed E-state index contributed by atoms with van der Waals surface area (Å²) in [5.74, 6) is -2.78. The van der Waals surface area contributed by atoms with E-state index in [9.17, 15) is 19.2 Å². The molecule has 3 saturated heterocycles. The van der Waals surface area contributed by atoms with Crippen LogP contribution in [0.15, 0.2) is 12.1 Å². The zero-order valence-electron chi connectivity index (χ0n) is 20.4. The first-order chi connectivity index (χ1) is 16.6. The van der Waals surface area contributed by atoms with Crippen molar-refractivity contribution < 1.29 is 23.9 Å². The number of thiophene rings is 1. The number of carbonyl (C=O) groups excluding carboxylic acids is 4. The highest BCUT2D eigenvalue weighted by Crippen LogP contribution is 2.61. The van der Waals surface area contributed by atoms with Gasteiger partial charge in [0.25, 0.3) is 0 Å². The Morgan fingerprint density at radius 2 is 1.86 bits per heavy atom. The van der Waals surface area contributed by atoms with Crippen molar-refractivity contribution in [2.45, 2.75) is 52.1 Å². The molecule has 4 aliphatic rings. The topological polar surface area (TPSA) is 96.0 Å². The first kappa shape index (κ1) is 22.4. The molecule has 6 rings (SSSR count). The van der Waals surface area contributed by atoms with Gasteiger partial charge in [-0.15, -0.1) is 11.3 Å². The maximum Gasteiger partial charge on any atom is 0.348 e. The molecule has 1 aromatic heterocycles. The third kappa shape index (κ3) is 2.55. The number of fused-ring (bicyclic) bond motifs is 7. The number of esters is 1. The molecule has 0 radical (unpaired) electrons. The van der Waals surface area contributed by atoms with Crippen molar-refractivity contribution in [1.29, 1.82) is 0 Å². The fraction of sp³-hybridized carbons (Fsp3) is 0.462. The van der Waals surface area contributed by atoms with Crippen LogP contribution in [0.4, 0.5) is 10.7 Å². The Balaban J connectivity index is 1.55. The van der Waals surface area contributed by atoms with Gasteiger partial charge in [0.05, 0.1) is 18.9 Å². The molecule has 1 N–H and O–H groups in total. The Bertz CT molecular complexity index is 1360. The molecule has 182 valence electrons. The minimum absolute atomic E-state index is 0.180. The lowest BCUT2D eigenvalue weighted by molar-refractivity contribution is -0.135. The molecule has 2 aromatic rings. The van der Waals surface area contributed by atoms with E-state index in [1.807, 2.05) is 32.9 Å². The zero-order valence-corrected chi connectivity index (χ0v) is 21.2. The molecular weight excluding hydrogens is 466 g/mol. The van der Waals surface area contributed by atoms with Crippen LogP contribution in [0.2, 0.25) is 0 Å². The summed E-state index contributed by atoms with van der Waals surface area (Å²) in [7, 11) is 1.31. The highest BCUT2D eigenvalue weighted by atomic mass is 32.1. The maximum atomic E-state index is 14.2. The van der Waals surface area contributed by atoms with Gasteiger partial charge in [0.15, 0.2) is 0 Å². The summed E-state index contributed by atoms with van der Waals surface area (Å²) in [5.41, 5.74) is 3.71. The zero-order chi connectivity index (χ0) is 25.0. The van der Waals surface area contributed by atoms with Crippen LogP contribution in [0, 0.1) is 39.5 Å². The van der Waals surface area contributed by atoms with Gasteiger partial charge in [-0.3, -0.25) is 19.3 Å². The summed E-state index contributed by atoms with van der Waals surface area (Å²) >= 11 is 1.11. The van der Waals surface area contributed by atoms with Crippen molar-refractivity contribution in [2.24, 2.45) is 11.8 Å². The first-order valence-electron chi connectivity index (χ1n) is 11.9. The van der Waals surface area contributed by atoms with Crippen molar-refractivity contribution in [3.05, 3.63) is 44.8 Å². The number of nitrogens with one attached hydrogen (secondary N) is 1. The summed E-state index contributed by atoms with van der Waals surface area (Å²) in [6, 6.07) is 3.83. The normalized spacial score (nSPS) is 29.1. The highest BCUT2D eigenvalue weighted by molar-refractivity contribution is 7.18. The van der Waals surface area contributed by atoms with E-state index in [0.717, 1.165) is 46.6 Å². The molecule has 1 spiro atoms. The first-order valence-corrected chi connectivity index (χ1v) is 12.7. The number of anilines is 2. The number of nitrogens with zero attached hydrogens (tertiary/aromatic N) is 2. The van der Waals surface area contributed by atoms with Gasteiger partial charge in [0, 0.05) is 17.3 Å². The molecule has 0 aliphatic carbocycles. The number of rotatable bonds is 2. The van der Waals surface area contributed by atoms with E-state index in [2.05, 4.69) is 10.2 Å². The number of carbonyl (C=O) groups is 4. The van der Waals surface area contributed by atoms with E-state index >= 15 is 0 Å². The number of amides is 3. The van der Waals surface area contributed by atoms with Crippen LogP contribution >= 0.6 is 11.3 Å². The predicted molar refractivity (Wildman–Crippen MR) is 131 cm³/mol. The molecule has 3 fully saturated rings. The number of methoxy groups -OCH3 is 1. The third-order valence-corrected chi connectivity index (χ3v) is 9.80. The van der Waals surface area contributed by atoms with E-state index in [0.29, 0.717) is 27.5 Å². The molecular formula is C26H27N3O5S. The quantitative estimate of drug-likeness (QED) is 0.510. The Hall–Kier alpha value is -3.04. The SMILES string of the molecule is COC(=O)c1sc(N2C(=O)[C@H]3[C@H]4CCCN4[C@@]4(C(=O)Nc5c(C)cc(C)cc54)[C@H]3C2=O)c(C)c1C. The summed E-state index contributed by atoms with van der Waals surface area (Å²) in [6.07, 6.45) is 1.63. The van der Waals surface area contributed by atoms with Crippen LogP contribution in [-0.4, -0.2) is 48.3 Å². The Morgan fingerprint density at radius 3 is 2.57 bits per heavy atom. The molecule has 4 aliphatic heterocycles. The second-order valence-corrected chi connectivity index (χ2v) is 11.1. The van der Waals surface area contributed by atoms with Crippen LogP contribution < -0.4 is 10.2 Å². The molecule has 9 heteroatoms. The lowest BCUT2D eigenvalue weighted by Gasteiger charge is -2.36. The second kappa shape index (κ2) is 7.24. The molecule has 8 nitrogen and oxygen atoms in total. The number of aryl methyl sites for hydroxylation is 2. The number of hydrogen-bond donors (Lipinski definition) is 1. The minimum Gasteiger partial charge on any atom is -0.465 e. The van der Waals surface area contributed by atoms with E-state index in [4.69, 9.17) is 4.74 Å². The molecule has 4 atom stereocenters. The summed E-state index contributed by atoms with van der Waals surface area (Å²) in [5, 5.41) is 3.52. The van der Waals surface area contributed by atoms with Crippen molar-refractivity contribution in [3.63, 3.8) is 0 Å². The standard InChI is InChI=1S/C26H27N3O5S/c1-11-9-12(2)19-15(10-11)26(25(33)27-19)18-17(16-7-6-8-28(16)26)21(30)29(22(18)31)23-14(4)13(3)20(35-23)24(32)34-5/h9-10,16-18H,6-8H2,1-5H3,(H,27,33)/t16-,17+,18-,26-/m1/s1. The monoisotopic (exact) mass is 493 g/mol. The van der Waals surface area contributed by atoms with Gasteiger partial charge in [0.2, 0.25) is 17.7 Å². The van der Waals surface area contributed by atoms with Gasteiger partial charge in [-0.05, 0) is 63.8 Å². The molecule has 0 saturated carbocycles. The van der Waals surface area contributed by atoms with E-state index in [-0.39, 0.29) is 23.8 Å². The van der Waals surface area contributed by atoms with Gasteiger partial charge in [-0.25, -0.2) is 9.69 Å². The van der Waals surface area contributed by atoms with E-state index < -0.39 is 23.3 Å². The minimum atomic E-state index is -1.20. The van der Waals surface area contributed by atoms with Crippen LogP contribution in [0.25, 0.3) is 0 Å².